The molecule has 0 saturated carbocycles. The van der Waals surface area contributed by atoms with Crippen molar-refractivity contribution in [3.63, 3.8) is 0 Å². The molecule has 7 nitrogen and oxygen atoms in total. The summed E-state index contributed by atoms with van der Waals surface area (Å²) in [6, 6.07) is -0.286. The van der Waals surface area contributed by atoms with E-state index >= 15 is 0 Å². The van der Waals surface area contributed by atoms with Gasteiger partial charge in [0.1, 0.15) is 5.00 Å². The van der Waals surface area contributed by atoms with Crippen LogP contribution in [-0.2, 0) is 21.7 Å². The lowest BCUT2D eigenvalue weighted by molar-refractivity contribution is -0.143. The summed E-state index contributed by atoms with van der Waals surface area (Å²) in [7, 11) is 0. The largest absolute Gasteiger partial charge is 0.481 e. The lowest BCUT2D eigenvalue weighted by atomic mass is 9.97. The highest BCUT2D eigenvalue weighted by Crippen LogP contribution is 2.40. The number of hydrogen-bond donors (Lipinski definition) is 2. The predicted octanol–water partition coefficient (Wildman–Crippen LogP) is 3.04. The number of urea groups is 1. The normalized spacial score (nSPS) is 17.5. The first-order chi connectivity index (χ1) is 12.5. The van der Waals surface area contributed by atoms with E-state index in [-0.39, 0.29) is 18.6 Å². The Kier molecular flexibility index (Phi) is 6.08. The van der Waals surface area contributed by atoms with Gasteiger partial charge in [-0.1, -0.05) is 0 Å². The van der Waals surface area contributed by atoms with Gasteiger partial charge in [-0.2, -0.15) is 11.8 Å². The van der Waals surface area contributed by atoms with Crippen LogP contribution in [0.4, 0.5) is 9.80 Å². The molecule has 1 aromatic rings. The van der Waals surface area contributed by atoms with E-state index in [1.54, 1.807) is 11.8 Å². The van der Waals surface area contributed by atoms with Crippen molar-refractivity contribution in [3.8, 4) is 0 Å². The van der Waals surface area contributed by atoms with E-state index in [0.29, 0.717) is 36.5 Å². The highest BCUT2D eigenvalue weighted by atomic mass is 32.2. The lowest BCUT2D eigenvalue weighted by Gasteiger charge is -2.30. The number of nitrogens with one attached hydrogen (secondary N) is 1. The van der Waals surface area contributed by atoms with Gasteiger partial charge < -0.3 is 14.7 Å². The van der Waals surface area contributed by atoms with Crippen LogP contribution < -0.4 is 5.32 Å². The molecule has 1 saturated heterocycles. The first-order valence-electron chi connectivity index (χ1n) is 8.69. The molecule has 142 valence electrons. The number of rotatable bonds is 4. The van der Waals surface area contributed by atoms with Gasteiger partial charge in [0.15, 0.2) is 0 Å². The number of amides is 2. The number of carboxylic acids is 1. The average molecular weight is 399 g/mol. The van der Waals surface area contributed by atoms with Crippen LogP contribution in [-0.4, -0.2) is 53.4 Å². The number of aliphatic carboxylic acids is 1. The molecule has 1 aromatic heterocycles. The molecule has 0 bridgehead atoms. The Morgan fingerprint density at radius 3 is 2.69 bits per heavy atom. The zero-order chi connectivity index (χ0) is 18.7. The molecule has 0 radical (unpaired) electrons. The minimum Gasteiger partial charge on any atom is -0.481 e. The molecule has 1 fully saturated rings. The van der Waals surface area contributed by atoms with E-state index in [1.807, 2.05) is 11.8 Å². The Morgan fingerprint density at radius 1 is 1.31 bits per heavy atom. The van der Waals surface area contributed by atoms with Gasteiger partial charge in [0.25, 0.3) is 0 Å². The molecule has 2 aliphatic rings. The van der Waals surface area contributed by atoms with Crippen LogP contribution in [0.15, 0.2) is 0 Å². The number of piperidine rings is 1. The topological polar surface area (TPSA) is 95.9 Å². The first-order valence-corrected chi connectivity index (χ1v) is 10.7. The summed E-state index contributed by atoms with van der Waals surface area (Å²) >= 11 is 3.25. The van der Waals surface area contributed by atoms with Crippen LogP contribution in [0.25, 0.3) is 0 Å². The number of esters is 1. The number of anilines is 1. The van der Waals surface area contributed by atoms with E-state index in [0.717, 1.165) is 28.4 Å². The molecule has 2 amide bonds. The van der Waals surface area contributed by atoms with Crippen molar-refractivity contribution < 1.29 is 24.2 Å². The molecule has 0 aliphatic carbocycles. The second-order valence-corrected chi connectivity index (χ2v) is 8.47. The molecule has 2 N–H and O–H groups in total. The number of hydrogen-bond acceptors (Lipinski definition) is 6. The number of thiophene rings is 1. The van der Waals surface area contributed by atoms with E-state index in [1.165, 1.54) is 11.3 Å². The third kappa shape index (κ3) is 3.98. The van der Waals surface area contributed by atoms with Gasteiger partial charge in [-0.3, -0.25) is 10.1 Å². The number of carbonyl (C=O) groups excluding carboxylic acids is 2. The molecular weight excluding hydrogens is 376 g/mol. The standard InChI is InChI=1S/C17H22N2O5S2/c1-2-24-16(22)13-11-5-8-25-9-12(11)26-14(13)18-17(23)19-6-3-10(4-7-19)15(20)21/h10H,2-9H2,1H3,(H,18,23)(H,20,21). The molecule has 0 spiro atoms. The summed E-state index contributed by atoms with van der Waals surface area (Å²) in [6.07, 6.45) is 1.70. The van der Waals surface area contributed by atoms with Crippen LogP contribution in [0.1, 0.15) is 40.6 Å². The quantitative estimate of drug-likeness (QED) is 0.757. The highest BCUT2D eigenvalue weighted by molar-refractivity contribution is 7.98. The van der Waals surface area contributed by atoms with Crippen molar-refractivity contribution in [2.24, 2.45) is 5.92 Å². The van der Waals surface area contributed by atoms with Crippen molar-refractivity contribution in [3.05, 3.63) is 16.0 Å². The number of fused-ring (bicyclic) bond motifs is 1. The van der Waals surface area contributed by atoms with E-state index in [9.17, 15) is 14.4 Å². The molecule has 0 unspecified atom stereocenters. The molecule has 0 aromatic carbocycles. The summed E-state index contributed by atoms with van der Waals surface area (Å²) in [5, 5.41) is 12.5. The van der Waals surface area contributed by atoms with Crippen molar-refractivity contribution in [1.82, 2.24) is 4.90 Å². The average Bonchev–Trinajstić information content (AvgIpc) is 2.99. The maximum absolute atomic E-state index is 12.6. The van der Waals surface area contributed by atoms with E-state index in [2.05, 4.69) is 5.32 Å². The van der Waals surface area contributed by atoms with Crippen LogP contribution in [0.3, 0.4) is 0 Å². The molecule has 2 aliphatic heterocycles. The van der Waals surface area contributed by atoms with Gasteiger partial charge in [0, 0.05) is 23.7 Å². The summed E-state index contributed by atoms with van der Waals surface area (Å²) in [5.41, 5.74) is 1.48. The van der Waals surface area contributed by atoms with Gasteiger partial charge in [-0.15, -0.1) is 11.3 Å². The molecule has 26 heavy (non-hydrogen) atoms. The van der Waals surface area contributed by atoms with Crippen molar-refractivity contribution in [2.75, 3.05) is 30.8 Å². The zero-order valence-corrected chi connectivity index (χ0v) is 16.2. The summed E-state index contributed by atoms with van der Waals surface area (Å²) in [5.74, 6) is 0.202. The number of ether oxygens (including phenoxy) is 1. The molecular formula is C17H22N2O5S2. The van der Waals surface area contributed by atoms with Crippen molar-refractivity contribution >= 4 is 46.1 Å². The maximum atomic E-state index is 12.6. The fraction of sp³-hybridized carbons (Fsp3) is 0.588. The molecule has 0 atom stereocenters. The predicted molar refractivity (Wildman–Crippen MR) is 101 cm³/mol. The monoisotopic (exact) mass is 398 g/mol. The van der Waals surface area contributed by atoms with Crippen LogP contribution in [0.5, 0.6) is 0 Å². The molecule has 3 rings (SSSR count). The fourth-order valence-corrected chi connectivity index (χ4v) is 5.60. The molecule has 9 heteroatoms. The Hall–Kier alpha value is -1.74. The van der Waals surface area contributed by atoms with Gasteiger partial charge >= 0.3 is 18.0 Å². The Balaban J connectivity index is 1.75. The first kappa shape index (κ1) is 19.0. The Morgan fingerprint density at radius 2 is 2.04 bits per heavy atom. The number of carbonyl (C=O) groups is 3. The van der Waals surface area contributed by atoms with E-state index in [4.69, 9.17) is 9.84 Å². The summed E-state index contributed by atoms with van der Waals surface area (Å²) in [6.45, 7) is 2.85. The second kappa shape index (κ2) is 8.30. The highest BCUT2D eigenvalue weighted by Gasteiger charge is 2.30. The Bertz CT molecular complexity index is 710. The van der Waals surface area contributed by atoms with Crippen LogP contribution in [0.2, 0.25) is 0 Å². The Labute approximate surface area is 160 Å². The third-order valence-corrected chi connectivity index (χ3v) is 6.97. The minimum absolute atomic E-state index is 0.286. The van der Waals surface area contributed by atoms with Crippen LogP contribution >= 0.6 is 23.1 Å². The summed E-state index contributed by atoms with van der Waals surface area (Å²) < 4.78 is 5.19. The number of nitrogens with zero attached hydrogens (tertiary/aromatic N) is 1. The van der Waals surface area contributed by atoms with Gasteiger partial charge in [0.2, 0.25) is 0 Å². The van der Waals surface area contributed by atoms with Crippen molar-refractivity contribution in [1.29, 1.82) is 0 Å². The van der Waals surface area contributed by atoms with Gasteiger partial charge in [-0.25, -0.2) is 9.59 Å². The SMILES string of the molecule is CCOC(=O)c1c(NC(=O)N2CCC(C(=O)O)CC2)sc2c1CCSC2. The summed E-state index contributed by atoms with van der Waals surface area (Å²) in [4.78, 5) is 38.8. The fourth-order valence-electron chi connectivity index (χ4n) is 3.25. The second-order valence-electron chi connectivity index (χ2n) is 6.26. The van der Waals surface area contributed by atoms with Gasteiger partial charge in [0.05, 0.1) is 18.1 Å². The zero-order valence-electron chi connectivity index (χ0n) is 14.6. The number of thioether (sulfide) groups is 1. The van der Waals surface area contributed by atoms with E-state index < -0.39 is 11.9 Å². The molecule has 3 heterocycles. The van der Waals surface area contributed by atoms with Gasteiger partial charge in [-0.05, 0) is 37.5 Å². The van der Waals surface area contributed by atoms with Crippen molar-refractivity contribution in [2.45, 2.75) is 31.9 Å². The minimum atomic E-state index is -0.807. The smallest absolute Gasteiger partial charge is 0.341 e. The number of likely N-dealkylation sites (tertiary alicyclic amines) is 1. The lowest BCUT2D eigenvalue weighted by Crippen LogP contribution is -2.42. The third-order valence-electron chi connectivity index (χ3n) is 4.65. The van der Waals surface area contributed by atoms with Crippen LogP contribution in [0, 0.1) is 5.92 Å². The number of carboxylic acid groups (broad SMARTS) is 1. The maximum Gasteiger partial charge on any atom is 0.341 e.